The van der Waals surface area contributed by atoms with Gasteiger partial charge < -0.3 is 18.9 Å². The fourth-order valence-corrected chi connectivity index (χ4v) is 3.05. The standard InChI is InChI=1S/C19H23ClN2O6/c1-12-15(18(23)27-10-8-25-2)16(13-6-4-5-7-14(13)20)17(22-21-12)19(24)28-11-9-26-3/h4-7,15-16H,8-11H2,1-3H3. The molecule has 0 aliphatic carbocycles. The Morgan fingerprint density at radius 3 is 2.29 bits per heavy atom. The molecule has 1 aliphatic rings. The Morgan fingerprint density at radius 2 is 1.64 bits per heavy atom. The monoisotopic (exact) mass is 410 g/mol. The van der Waals surface area contributed by atoms with Crippen LogP contribution >= 0.6 is 11.6 Å². The van der Waals surface area contributed by atoms with E-state index in [0.29, 0.717) is 16.3 Å². The molecule has 0 bridgehead atoms. The zero-order chi connectivity index (χ0) is 20.5. The number of carbonyl (C=O) groups is 2. The van der Waals surface area contributed by atoms with Crippen LogP contribution in [-0.2, 0) is 28.5 Å². The highest BCUT2D eigenvalue weighted by molar-refractivity contribution is 6.41. The predicted octanol–water partition coefficient (Wildman–Crippen LogP) is 2.25. The number of hydrogen-bond acceptors (Lipinski definition) is 8. The highest BCUT2D eigenvalue weighted by Gasteiger charge is 2.43. The molecule has 0 fully saturated rings. The lowest BCUT2D eigenvalue weighted by Gasteiger charge is -2.29. The summed E-state index contributed by atoms with van der Waals surface area (Å²) in [6.07, 6.45) is 0. The minimum atomic E-state index is -0.862. The summed E-state index contributed by atoms with van der Waals surface area (Å²) in [5, 5.41) is 8.41. The van der Waals surface area contributed by atoms with E-state index >= 15 is 0 Å². The third-order valence-corrected chi connectivity index (χ3v) is 4.49. The number of methoxy groups -OCH3 is 2. The summed E-state index contributed by atoms with van der Waals surface area (Å²) in [7, 11) is 3.01. The Labute approximate surface area is 168 Å². The van der Waals surface area contributed by atoms with Gasteiger partial charge in [-0.1, -0.05) is 29.8 Å². The van der Waals surface area contributed by atoms with Gasteiger partial charge in [0.2, 0.25) is 0 Å². The van der Waals surface area contributed by atoms with E-state index in [1.165, 1.54) is 14.2 Å². The van der Waals surface area contributed by atoms with Crippen molar-refractivity contribution in [3.8, 4) is 0 Å². The van der Waals surface area contributed by atoms with Crippen LogP contribution in [-0.4, -0.2) is 64.0 Å². The number of esters is 2. The van der Waals surface area contributed by atoms with Crippen molar-refractivity contribution in [3.63, 3.8) is 0 Å². The summed E-state index contributed by atoms with van der Waals surface area (Å²) in [5.74, 6) is -2.87. The van der Waals surface area contributed by atoms with Crippen molar-refractivity contribution < 1.29 is 28.5 Å². The zero-order valence-electron chi connectivity index (χ0n) is 16.0. The maximum atomic E-state index is 12.8. The van der Waals surface area contributed by atoms with E-state index in [1.54, 1.807) is 31.2 Å². The second-order valence-corrected chi connectivity index (χ2v) is 6.40. The first-order valence-corrected chi connectivity index (χ1v) is 9.07. The highest BCUT2D eigenvalue weighted by atomic mass is 35.5. The molecule has 9 heteroatoms. The second kappa shape index (κ2) is 10.9. The fraction of sp³-hybridized carbons (Fsp3) is 0.474. The first kappa shape index (κ1) is 22.0. The van der Waals surface area contributed by atoms with Gasteiger partial charge in [0, 0.05) is 19.2 Å². The van der Waals surface area contributed by atoms with Gasteiger partial charge in [0.15, 0.2) is 5.71 Å². The van der Waals surface area contributed by atoms with Crippen LogP contribution in [0.25, 0.3) is 0 Å². The molecule has 2 atom stereocenters. The van der Waals surface area contributed by atoms with Gasteiger partial charge in [-0.05, 0) is 18.6 Å². The van der Waals surface area contributed by atoms with Crippen LogP contribution in [0.2, 0.25) is 5.02 Å². The van der Waals surface area contributed by atoms with Gasteiger partial charge in [-0.25, -0.2) is 4.79 Å². The molecule has 0 aromatic heterocycles. The molecule has 8 nitrogen and oxygen atoms in total. The first-order valence-electron chi connectivity index (χ1n) is 8.69. The van der Waals surface area contributed by atoms with Gasteiger partial charge in [-0.2, -0.15) is 5.10 Å². The topological polar surface area (TPSA) is 95.8 Å². The molecule has 0 spiro atoms. The maximum absolute atomic E-state index is 12.8. The molecular weight excluding hydrogens is 388 g/mol. The van der Waals surface area contributed by atoms with Crippen LogP contribution in [0.4, 0.5) is 0 Å². The van der Waals surface area contributed by atoms with E-state index in [0.717, 1.165) is 0 Å². The largest absolute Gasteiger partial charge is 0.463 e. The van der Waals surface area contributed by atoms with Crippen molar-refractivity contribution in [3.05, 3.63) is 34.9 Å². The number of halogens is 1. The van der Waals surface area contributed by atoms with Gasteiger partial charge in [-0.3, -0.25) is 4.79 Å². The van der Waals surface area contributed by atoms with E-state index in [1.807, 2.05) is 0 Å². The van der Waals surface area contributed by atoms with Crippen molar-refractivity contribution >= 4 is 35.0 Å². The molecule has 1 aromatic rings. The molecule has 1 heterocycles. The maximum Gasteiger partial charge on any atom is 0.355 e. The van der Waals surface area contributed by atoms with Crippen molar-refractivity contribution in [2.45, 2.75) is 12.8 Å². The van der Waals surface area contributed by atoms with Gasteiger partial charge in [-0.15, -0.1) is 5.10 Å². The predicted molar refractivity (Wildman–Crippen MR) is 104 cm³/mol. The third-order valence-electron chi connectivity index (χ3n) is 4.15. The molecule has 2 unspecified atom stereocenters. The van der Waals surface area contributed by atoms with Crippen molar-refractivity contribution in [1.29, 1.82) is 0 Å². The minimum absolute atomic E-state index is 0.0107. The number of benzene rings is 1. The SMILES string of the molecule is COCCOC(=O)C1=NN=C(C)C(C(=O)OCCOC)C1c1ccccc1Cl. The molecule has 1 aromatic carbocycles. The lowest BCUT2D eigenvalue weighted by atomic mass is 9.79. The summed E-state index contributed by atoms with van der Waals surface area (Å²) in [6.45, 7) is 2.28. The Bertz CT molecular complexity index is 765. The summed E-state index contributed by atoms with van der Waals surface area (Å²) in [4.78, 5) is 25.4. The van der Waals surface area contributed by atoms with Gasteiger partial charge in [0.05, 0.1) is 24.8 Å². The summed E-state index contributed by atoms with van der Waals surface area (Å²) >= 11 is 6.36. The molecule has 28 heavy (non-hydrogen) atoms. The van der Waals surface area contributed by atoms with Gasteiger partial charge in [0.1, 0.15) is 19.1 Å². The quantitative estimate of drug-likeness (QED) is 0.457. The molecule has 0 amide bonds. The molecule has 0 N–H and O–H groups in total. The molecule has 0 saturated heterocycles. The van der Waals surface area contributed by atoms with Crippen molar-refractivity contribution in [1.82, 2.24) is 0 Å². The Morgan fingerprint density at radius 1 is 1.00 bits per heavy atom. The molecular formula is C19H23ClN2O6. The lowest BCUT2D eigenvalue weighted by Crippen LogP contribution is -2.40. The third kappa shape index (κ3) is 5.37. The van der Waals surface area contributed by atoms with E-state index in [4.69, 9.17) is 30.5 Å². The lowest BCUT2D eigenvalue weighted by molar-refractivity contribution is -0.147. The van der Waals surface area contributed by atoms with Gasteiger partial charge >= 0.3 is 11.9 Å². The van der Waals surface area contributed by atoms with E-state index < -0.39 is 23.8 Å². The minimum Gasteiger partial charge on any atom is -0.463 e. The average molecular weight is 411 g/mol. The normalized spacial score (nSPS) is 18.9. The van der Waals surface area contributed by atoms with Crippen LogP contribution < -0.4 is 0 Å². The van der Waals surface area contributed by atoms with Crippen LogP contribution in [0.15, 0.2) is 34.5 Å². The van der Waals surface area contributed by atoms with Gasteiger partial charge in [0.25, 0.3) is 0 Å². The van der Waals surface area contributed by atoms with Crippen LogP contribution in [0, 0.1) is 5.92 Å². The number of rotatable bonds is 9. The smallest absolute Gasteiger partial charge is 0.355 e. The van der Waals surface area contributed by atoms with Crippen LogP contribution in [0.5, 0.6) is 0 Å². The van der Waals surface area contributed by atoms with E-state index in [2.05, 4.69) is 10.2 Å². The molecule has 2 rings (SSSR count). The van der Waals surface area contributed by atoms with E-state index in [-0.39, 0.29) is 32.1 Å². The molecule has 0 saturated carbocycles. The second-order valence-electron chi connectivity index (χ2n) is 5.99. The summed E-state index contributed by atoms with van der Waals surface area (Å²) in [5.41, 5.74) is 0.971. The van der Waals surface area contributed by atoms with Crippen molar-refractivity contribution in [2.24, 2.45) is 16.1 Å². The zero-order valence-corrected chi connectivity index (χ0v) is 16.8. The molecule has 152 valence electrons. The molecule has 0 radical (unpaired) electrons. The summed E-state index contributed by atoms with van der Waals surface area (Å²) < 4.78 is 20.3. The number of ether oxygens (including phenoxy) is 4. The number of nitrogens with zero attached hydrogens (tertiary/aromatic N) is 2. The average Bonchev–Trinajstić information content (AvgIpc) is 2.68. The Kier molecular flexibility index (Phi) is 8.56. The van der Waals surface area contributed by atoms with E-state index in [9.17, 15) is 9.59 Å². The first-order chi connectivity index (χ1) is 13.5. The van der Waals surface area contributed by atoms with Crippen molar-refractivity contribution in [2.75, 3.05) is 40.6 Å². The van der Waals surface area contributed by atoms with Crippen LogP contribution in [0.1, 0.15) is 18.4 Å². The highest BCUT2D eigenvalue weighted by Crippen LogP contribution is 2.36. The Balaban J connectivity index is 2.39. The van der Waals surface area contributed by atoms with Crippen LogP contribution in [0.3, 0.4) is 0 Å². The Hall–Kier alpha value is -2.29. The number of hydrogen-bond donors (Lipinski definition) is 0. The summed E-state index contributed by atoms with van der Waals surface area (Å²) in [6, 6.07) is 6.94. The number of carbonyl (C=O) groups excluding carboxylic acids is 2. The molecule has 1 aliphatic heterocycles. The fourth-order valence-electron chi connectivity index (χ4n) is 2.79.